The molecule has 0 radical (unpaired) electrons. The van der Waals surface area contributed by atoms with Crippen LogP contribution in [0.3, 0.4) is 0 Å². The zero-order chi connectivity index (χ0) is 11.5. The first-order valence-electron chi connectivity index (χ1n) is 5.52. The van der Waals surface area contributed by atoms with Crippen LogP contribution in [0, 0.1) is 11.3 Å². The summed E-state index contributed by atoms with van der Waals surface area (Å²) < 4.78 is 1.82. The molecule has 1 atom stereocenters. The van der Waals surface area contributed by atoms with Crippen molar-refractivity contribution >= 4 is 0 Å². The van der Waals surface area contributed by atoms with Gasteiger partial charge >= 0.3 is 0 Å². The van der Waals surface area contributed by atoms with E-state index in [1.165, 1.54) is 5.56 Å². The Balaban J connectivity index is 2.48. The van der Waals surface area contributed by atoms with Gasteiger partial charge in [0.2, 0.25) is 0 Å². The van der Waals surface area contributed by atoms with Gasteiger partial charge in [-0.15, -0.1) is 0 Å². The Hall–Kier alpha value is -0.830. The van der Waals surface area contributed by atoms with E-state index in [9.17, 15) is 5.11 Å². The van der Waals surface area contributed by atoms with E-state index in [0.29, 0.717) is 5.92 Å². The Morgan fingerprint density at radius 1 is 1.47 bits per heavy atom. The zero-order valence-corrected chi connectivity index (χ0v) is 10.2. The molecule has 0 aromatic carbocycles. The lowest BCUT2D eigenvalue weighted by molar-refractivity contribution is 0.123. The number of hydrogen-bond donors (Lipinski definition) is 1. The molecule has 3 nitrogen and oxygen atoms in total. The predicted molar refractivity (Wildman–Crippen MR) is 61.6 cm³/mol. The van der Waals surface area contributed by atoms with Gasteiger partial charge in [0.1, 0.15) is 0 Å². The third kappa shape index (κ3) is 3.67. The van der Waals surface area contributed by atoms with Crippen molar-refractivity contribution in [3.63, 3.8) is 0 Å². The number of aliphatic hydroxyl groups excluding tert-OH is 1. The fraction of sp³-hybridized carbons (Fsp3) is 0.750. The van der Waals surface area contributed by atoms with Crippen molar-refractivity contribution in [2.24, 2.45) is 18.4 Å². The summed E-state index contributed by atoms with van der Waals surface area (Å²) in [5, 5.41) is 13.5. The van der Waals surface area contributed by atoms with E-state index in [0.717, 1.165) is 12.8 Å². The fourth-order valence-electron chi connectivity index (χ4n) is 1.74. The molecule has 1 rings (SSSR count). The molecule has 1 heterocycles. The van der Waals surface area contributed by atoms with Gasteiger partial charge in [0, 0.05) is 19.9 Å². The lowest BCUT2D eigenvalue weighted by Crippen LogP contribution is -2.24. The van der Waals surface area contributed by atoms with Crippen LogP contribution >= 0.6 is 0 Å². The highest BCUT2D eigenvalue weighted by Gasteiger charge is 2.23. The van der Waals surface area contributed by atoms with Crippen LogP contribution in [0.5, 0.6) is 0 Å². The maximum atomic E-state index is 9.32. The van der Waals surface area contributed by atoms with E-state index in [1.54, 1.807) is 0 Å². The first-order valence-corrected chi connectivity index (χ1v) is 5.52. The first kappa shape index (κ1) is 12.2. The van der Waals surface area contributed by atoms with Crippen molar-refractivity contribution in [3.05, 3.63) is 18.0 Å². The van der Waals surface area contributed by atoms with E-state index in [2.05, 4.69) is 25.9 Å². The Labute approximate surface area is 92.1 Å². The van der Waals surface area contributed by atoms with Gasteiger partial charge in [0.05, 0.1) is 6.20 Å². The number of nitrogens with zero attached hydrogens (tertiary/aromatic N) is 2. The van der Waals surface area contributed by atoms with Crippen LogP contribution in [0.1, 0.15) is 32.8 Å². The van der Waals surface area contributed by atoms with Crippen LogP contribution < -0.4 is 0 Å². The summed E-state index contributed by atoms with van der Waals surface area (Å²) in [5.74, 6) is 0.359. The number of aliphatic hydroxyl groups is 1. The maximum Gasteiger partial charge on any atom is 0.0521 e. The van der Waals surface area contributed by atoms with Crippen molar-refractivity contribution in [1.29, 1.82) is 0 Å². The molecule has 0 aliphatic heterocycles. The molecular weight excluding hydrogens is 188 g/mol. The zero-order valence-electron chi connectivity index (χ0n) is 10.2. The number of aryl methyl sites for hydroxylation is 2. The molecule has 0 saturated heterocycles. The highest BCUT2D eigenvalue weighted by Crippen LogP contribution is 2.29. The number of rotatable bonds is 4. The van der Waals surface area contributed by atoms with Gasteiger partial charge in [-0.05, 0) is 29.7 Å². The molecule has 0 amide bonds. The van der Waals surface area contributed by atoms with Crippen LogP contribution in [-0.4, -0.2) is 21.5 Å². The minimum Gasteiger partial charge on any atom is -0.396 e. The minimum absolute atomic E-state index is 0.178. The molecule has 0 bridgehead atoms. The molecule has 15 heavy (non-hydrogen) atoms. The van der Waals surface area contributed by atoms with Crippen LogP contribution in [0.25, 0.3) is 0 Å². The van der Waals surface area contributed by atoms with Gasteiger partial charge in [-0.1, -0.05) is 20.8 Å². The summed E-state index contributed by atoms with van der Waals surface area (Å²) in [7, 11) is 1.93. The molecule has 0 fully saturated rings. The Morgan fingerprint density at radius 2 is 2.13 bits per heavy atom. The average Bonchev–Trinajstić information content (AvgIpc) is 2.50. The first-order chi connectivity index (χ1) is 6.93. The van der Waals surface area contributed by atoms with Gasteiger partial charge in [0.15, 0.2) is 0 Å². The monoisotopic (exact) mass is 210 g/mol. The minimum atomic E-state index is 0.178. The molecule has 86 valence electrons. The van der Waals surface area contributed by atoms with Gasteiger partial charge in [-0.2, -0.15) is 5.10 Å². The summed E-state index contributed by atoms with van der Waals surface area (Å²) in [6.45, 7) is 6.80. The lowest BCUT2D eigenvalue weighted by Gasteiger charge is -2.28. The third-order valence-corrected chi connectivity index (χ3v) is 2.98. The Bertz CT molecular complexity index is 299. The number of aromatic nitrogens is 2. The van der Waals surface area contributed by atoms with Crippen molar-refractivity contribution in [1.82, 2.24) is 9.78 Å². The van der Waals surface area contributed by atoms with E-state index < -0.39 is 0 Å². The Morgan fingerprint density at radius 3 is 2.53 bits per heavy atom. The predicted octanol–water partition coefficient (Wildman–Crippen LogP) is 2.01. The van der Waals surface area contributed by atoms with Crippen LogP contribution in [0.15, 0.2) is 12.4 Å². The van der Waals surface area contributed by atoms with Gasteiger partial charge in [0.25, 0.3) is 0 Å². The Kier molecular flexibility index (Phi) is 3.91. The quantitative estimate of drug-likeness (QED) is 0.825. The van der Waals surface area contributed by atoms with Crippen LogP contribution in [0.2, 0.25) is 0 Å². The molecular formula is C12H22N2O. The third-order valence-electron chi connectivity index (χ3n) is 2.98. The average molecular weight is 210 g/mol. The van der Waals surface area contributed by atoms with Gasteiger partial charge in [-0.25, -0.2) is 0 Å². The fourth-order valence-corrected chi connectivity index (χ4v) is 1.74. The van der Waals surface area contributed by atoms with Crippen molar-refractivity contribution in [2.45, 2.75) is 33.6 Å². The molecule has 0 aliphatic rings. The molecule has 1 unspecified atom stereocenters. The second-order valence-corrected chi connectivity index (χ2v) is 5.31. The van der Waals surface area contributed by atoms with Crippen LogP contribution in [-0.2, 0) is 13.5 Å². The maximum absolute atomic E-state index is 9.32. The van der Waals surface area contributed by atoms with Crippen molar-refractivity contribution in [3.8, 4) is 0 Å². The van der Waals surface area contributed by atoms with E-state index in [1.807, 2.05) is 24.1 Å². The SMILES string of the molecule is Cn1cc(CCC(CO)C(C)(C)C)cn1. The van der Waals surface area contributed by atoms with E-state index in [4.69, 9.17) is 0 Å². The largest absolute Gasteiger partial charge is 0.396 e. The molecule has 0 spiro atoms. The second kappa shape index (κ2) is 4.79. The smallest absolute Gasteiger partial charge is 0.0521 e. The van der Waals surface area contributed by atoms with Crippen molar-refractivity contribution < 1.29 is 5.11 Å². The summed E-state index contributed by atoms with van der Waals surface area (Å²) in [4.78, 5) is 0. The summed E-state index contributed by atoms with van der Waals surface area (Å²) in [5.41, 5.74) is 1.43. The van der Waals surface area contributed by atoms with E-state index >= 15 is 0 Å². The molecule has 1 aromatic heterocycles. The van der Waals surface area contributed by atoms with Gasteiger partial charge in [-0.3, -0.25) is 4.68 Å². The summed E-state index contributed by atoms with van der Waals surface area (Å²) in [6.07, 6.45) is 5.95. The van der Waals surface area contributed by atoms with E-state index in [-0.39, 0.29) is 12.0 Å². The molecule has 1 N–H and O–H groups in total. The highest BCUT2D eigenvalue weighted by molar-refractivity contribution is 5.03. The second-order valence-electron chi connectivity index (χ2n) is 5.31. The normalized spacial score (nSPS) is 14.2. The molecule has 1 aromatic rings. The molecule has 0 saturated carbocycles. The number of hydrogen-bond acceptors (Lipinski definition) is 2. The lowest BCUT2D eigenvalue weighted by atomic mass is 9.78. The summed E-state index contributed by atoms with van der Waals surface area (Å²) >= 11 is 0. The molecule has 3 heteroatoms. The van der Waals surface area contributed by atoms with Gasteiger partial charge < -0.3 is 5.11 Å². The van der Waals surface area contributed by atoms with Crippen LogP contribution in [0.4, 0.5) is 0 Å². The van der Waals surface area contributed by atoms with Crippen molar-refractivity contribution in [2.75, 3.05) is 6.61 Å². The highest BCUT2D eigenvalue weighted by atomic mass is 16.3. The molecule has 0 aliphatic carbocycles. The summed E-state index contributed by atoms with van der Waals surface area (Å²) in [6, 6.07) is 0. The topological polar surface area (TPSA) is 38.0 Å². The standard InChI is InChI=1S/C12H22N2O/c1-12(2,3)11(9-15)6-5-10-7-13-14(4)8-10/h7-8,11,15H,5-6,9H2,1-4H3.